The third kappa shape index (κ3) is 5.39. The van der Waals surface area contributed by atoms with Crippen LogP contribution < -0.4 is 5.32 Å². The Bertz CT molecular complexity index is 476. The maximum Gasteiger partial charge on any atom is 0.410 e. The van der Waals surface area contributed by atoms with E-state index in [1.54, 1.807) is 4.90 Å². The number of ether oxygens (including phenoxy) is 2. The Morgan fingerprint density at radius 3 is 2.62 bits per heavy atom. The summed E-state index contributed by atoms with van der Waals surface area (Å²) in [5.74, 6) is -0.617. The Morgan fingerprint density at radius 1 is 1.25 bits per heavy atom. The van der Waals surface area contributed by atoms with E-state index in [4.69, 9.17) is 9.47 Å². The first kappa shape index (κ1) is 18.5. The maximum atomic E-state index is 12.3. The Kier molecular flexibility index (Phi) is 6.07. The summed E-state index contributed by atoms with van der Waals surface area (Å²) < 4.78 is 10.9. The van der Waals surface area contributed by atoms with Crippen molar-refractivity contribution in [3.05, 3.63) is 0 Å². The van der Waals surface area contributed by atoms with Crippen molar-refractivity contribution in [2.45, 2.75) is 64.5 Å². The number of nitrogens with zero attached hydrogens (tertiary/aromatic N) is 1. The van der Waals surface area contributed by atoms with E-state index in [-0.39, 0.29) is 36.5 Å². The Hall–Kier alpha value is -1.79. The fraction of sp³-hybridized carbons (Fsp3) is 0.824. The minimum atomic E-state index is -0.546. The molecule has 0 aromatic heterocycles. The Balaban J connectivity index is 1.85. The third-order valence-electron chi connectivity index (χ3n) is 4.27. The second-order valence-corrected chi connectivity index (χ2v) is 7.49. The number of esters is 1. The van der Waals surface area contributed by atoms with Crippen molar-refractivity contribution in [3.63, 3.8) is 0 Å². The first-order valence-corrected chi connectivity index (χ1v) is 8.69. The molecule has 1 N–H and O–H groups in total. The van der Waals surface area contributed by atoms with E-state index in [1.165, 1.54) is 0 Å². The summed E-state index contributed by atoms with van der Waals surface area (Å²) in [6.45, 7) is 6.64. The van der Waals surface area contributed by atoms with Crippen LogP contribution in [0.1, 0.15) is 52.9 Å². The summed E-state index contributed by atoms with van der Waals surface area (Å²) in [4.78, 5) is 37.3. The lowest BCUT2D eigenvalue weighted by Crippen LogP contribution is -2.48. The molecule has 24 heavy (non-hydrogen) atoms. The van der Waals surface area contributed by atoms with Crippen LogP contribution in [0.4, 0.5) is 4.79 Å². The summed E-state index contributed by atoms with van der Waals surface area (Å²) in [5, 5.41) is 2.68. The SMILES string of the molecule is CC(C)(C)OC(=O)N1CCCC[C@@H]1COC(=O)[C@@H]1CCC(=O)NC1. The van der Waals surface area contributed by atoms with Crippen molar-refractivity contribution >= 4 is 18.0 Å². The summed E-state index contributed by atoms with van der Waals surface area (Å²) in [7, 11) is 0. The fourth-order valence-electron chi connectivity index (χ4n) is 2.96. The molecule has 2 amide bonds. The van der Waals surface area contributed by atoms with Crippen molar-refractivity contribution in [2.75, 3.05) is 19.7 Å². The number of nitrogens with one attached hydrogen (secondary N) is 1. The minimum absolute atomic E-state index is 0.0255. The zero-order valence-corrected chi connectivity index (χ0v) is 14.8. The van der Waals surface area contributed by atoms with Crippen LogP contribution >= 0.6 is 0 Å². The van der Waals surface area contributed by atoms with E-state index in [2.05, 4.69) is 5.32 Å². The molecular formula is C17H28N2O5. The summed E-state index contributed by atoms with van der Waals surface area (Å²) in [6.07, 6.45) is 3.25. The monoisotopic (exact) mass is 340 g/mol. The smallest absolute Gasteiger partial charge is 0.410 e. The number of piperidine rings is 2. The van der Waals surface area contributed by atoms with Gasteiger partial charge in [0.15, 0.2) is 0 Å². The van der Waals surface area contributed by atoms with Crippen LogP contribution in [0.2, 0.25) is 0 Å². The molecule has 2 aliphatic heterocycles. The molecule has 2 saturated heterocycles. The predicted octanol–water partition coefficient (Wildman–Crippen LogP) is 1.85. The molecule has 7 heteroatoms. The second kappa shape index (κ2) is 7.85. The van der Waals surface area contributed by atoms with Crippen LogP contribution in [0.3, 0.4) is 0 Å². The van der Waals surface area contributed by atoms with Gasteiger partial charge in [-0.25, -0.2) is 4.79 Å². The largest absolute Gasteiger partial charge is 0.463 e. The minimum Gasteiger partial charge on any atom is -0.463 e. The number of carbonyl (C=O) groups excluding carboxylic acids is 3. The van der Waals surface area contributed by atoms with E-state index in [0.29, 0.717) is 25.9 Å². The topological polar surface area (TPSA) is 84.9 Å². The predicted molar refractivity (Wildman–Crippen MR) is 87.3 cm³/mol. The highest BCUT2D eigenvalue weighted by Gasteiger charge is 2.32. The molecule has 7 nitrogen and oxygen atoms in total. The van der Waals surface area contributed by atoms with Gasteiger partial charge in [-0.2, -0.15) is 0 Å². The lowest BCUT2D eigenvalue weighted by atomic mass is 9.99. The summed E-state index contributed by atoms with van der Waals surface area (Å²) in [5.41, 5.74) is -0.546. The van der Waals surface area contributed by atoms with Gasteiger partial charge in [-0.15, -0.1) is 0 Å². The average Bonchev–Trinajstić information content (AvgIpc) is 2.52. The van der Waals surface area contributed by atoms with Crippen molar-refractivity contribution in [2.24, 2.45) is 5.92 Å². The lowest BCUT2D eigenvalue weighted by molar-refractivity contribution is -0.152. The molecule has 0 spiro atoms. The molecule has 2 atom stereocenters. The van der Waals surface area contributed by atoms with Gasteiger partial charge in [0.25, 0.3) is 0 Å². The van der Waals surface area contributed by atoms with Gasteiger partial charge in [0.05, 0.1) is 12.0 Å². The number of amides is 2. The van der Waals surface area contributed by atoms with Gasteiger partial charge in [-0.1, -0.05) is 0 Å². The van der Waals surface area contributed by atoms with E-state index < -0.39 is 5.60 Å². The van der Waals surface area contributed by atoms with Gasteiger partial charge in [-0.3, -0.25) is 9.59 Å². The van der Waals surface area contributed by atoms with Crippen LogP contribution in [-0.4, -0.2) is 54.2 Å². The molecule has 0 aromatic rings. The van der Waals surface area contributed by atoms with Crippen LogP contribution in [0.5, 0.6) is 0 Å². The number of hydrogen-bond donors (Lipinski definition) is 1. The van der Waals surface area contributed by atoms with Crippen LogP contribution in [-0.2, 0) is 19.1 Å². The molecule has 2 heterocycles. The first-order valence-electron chi connectivity index (χ1n) is 8.69. The van der Waals surface area contributed by atoms with E-state index >= 15 is 0 Å². The van der Waals surface area contributed by atoms with Gasteiger partial charge in [0.2, 0.25) is 5.91 Å². The molecule has 0 unspecified atom stereocenters. The number of hydrogen-bond acceptors (Lipinski definition) is 5. The highest BCUT2D eigenvalue weighted by atomic mass is 16.6. The number of carbonyl (C=O) groups is 3. The molecule has 0 bridgehead atoms. The second-order valence-electron chi connectivity index (χ2n) is 7.49. The number of likely N-dealkylation sites (tertiary alicyclic amines) is 1. The van der Waals surface area contributed by atoms with Gasteiger partial charge < -0.3 is 19.7 Å². The lowest BCUT2D eigenvalue weighted by Gasteiger charge is -2.36. The van der Waals surface area contributed by atoms with Crippen molar-refractivity contribution in [1.82, 2.24) is 10.2 Å². The molecule has 0 aromatic carbocycles. The Morgan fingerprint density at radius 2 is 2.00 bits per heavy atom. The third-order valence-corrected chi connectivity index (χ3v) is 4.27. The molecule has 0 saturated carbocycles. The van der Waals surface area contributed by atoms with E-state index in [1.807, 2.05) is 20.8 Å². The molecular weight excluding hydrogens is 312 g/mol. The zero-order chi connectivity index (χ0) is 17.7. The van der Waals surface area contributed by atoms with Crippen molar-refractivity contribution in [1.29, 1.82) is 0 Å². The molecule has 2 fully saturated rings. The van der Waals surface area contributed by atoms with Crippen LogP contribution in [0.25, 0.3) is 0 Å². The van der Waals surface area contributed by atoms with Crippen LogP contribution in [0.15, 0.2) is 0 Å². The average molecular weight is 340 g/mol. The van der Waals surface area contributed by atoms with E-state index in [9.17, 15) is 14.4 Å². The molecule has 2 rings (SSSR count). The van der Waals surface area contributed by atoms with Gasteiger partial charge in [0.1, 0.15) is 12.2 Å². The van der Waals surface area contributed by atoms with Gasteiger partial charge >= 0.3 is 12.1 Å². The van der Waals surface area contributed by atoms with Gasteiger partial charge in [-0.05, 0) is 46.5 Å². The number of rotatable bonds is 3. The summed E-state index contributed by atoms with van der Waals surface area (Å²) in [6, 6.07) is -0.143. The standard InChI is InChI=1S/C17H28N2O5/c1-17(2,3)24-16(22)19-9-5-4-6-13(19)11-23-15(21)12-7-8-14(20)18-10-12/h12-13H,4-11H2,1-3H3,(H,18,20)/t12-,13-/m1/s1. The van der Waals surface area contributed by atoms with E-state index in [0.717, 1.165) is 19.3 Å². The molecule has 2 aliphatic rings. The molecule has 0 radical (unpaired) electrons. The maximum absolute atomic E-state index is 12.3. The van der Waals surface area contributed by atoms with Crippen molar-refractivity contribution in [3.8, 4) is 0 Å². The highest BCUT2D eigenvalue weighted by Crippen LogP contribution is 2.21. The van der Waals surface area contributed by atoms with Crippen molar-refractivity contribution < 1.29 is 23.9 Å². The van der Waals surface area contributed by atoms with Gasteiger partial charge in [0, 0.05) is 19.5 Å². The van der Waals surface area contributed by atoms with Crippen LogP contribution in [0, 0.1) is 5.92 Å². The summed E-state index contributed by atoms with van der Waals surface area (Å²) >= 11 is 0. The zero-order valence-electron chi connectivity index (χ0n) is 14.8. The normalized spacial score (nSPS) is 25.0. The molecule has 136 valence electrons. The molecule has 0 aliphatic carbocycles. The fourth-order valence-corrected chi connectivity index (χ4v) is 2.96. The first-order chi connectivity index (χ1) is 11.3. The quantitative estimate of drug-likeness (QED) is 0.793. The Labute approximate surface area is 143 Å². The highest BCUT2D eigenvalue weighted by molar-refractivity contribution is 5.81.